The van der Waals surface area contributed by atoms with Crippen LogP contribution in [0.4, 0.5) is 11.4 Å². The Labute approximate surface area is 170 Å². The van der Waals surface area contributed by atoms with E-state index in [0.717, 1.165) is 34.8 Å². The van der Waals surface area contributed by atoms with Gasteiger partial charge in [0, 0.05) is 5.41 Å². The van der Waals surface area contributed by atoms with Gasteiger partial charge in [-0.05, 0) is 92.7 Å². The summed E-state index contributed by atoms with van der Waals surface area (Å²) in [5.41, 5.74) is 4.36. The molecule has 5 heteroatoms. The Balaban J connectivity index is 1.28. The molecule has 4 bridgehead atoms. The second-order valence-corrected chi connectivity index (χ2v) is 9.28. The van der Waals surface area contributed by atoms with Crippen LogP contribution in [0.15, 0.2) is 71.0 Å². The lowest BCUT2D eigenvalue weighted by atomic mass is 9.49. The van der Waals surface area contributed by atoms with Crippen molar-refractivity contribution in [3.05, 3.63) is 66.5 Å². The first kappa shape index (κ1) is 17.1. The van der Waals surface area contributed by atoms with Crippen LogP contribution in [0.2, 0.25) is 0 Å². The minimum Gasteiger partial charge on any atom is -0.217 e. The maximum atomic E-state index is 4.48. The fourth-order valence-corrected chi connectivity index (χ4v) is 6.48. The number of aromatic nitrogens is 3. The van der Waals surface area contributed by atoms with E-state index in [1.807, 2.05) is 48.7 Å². The summed E-state index contributed by atoms with van der Waals surface area (Å²) in [6.45, 7) is 0. The highest BCUT2D eigenvalue weighted by atomic mass is 15.4. The van der Waals surface area contributed by atoms with Gasteiger partial charge in [-0.25, -0.2) is 4.68 Å². The summed E-state index contributed by atoms with van der Waals surface area (Å²) in [6, 6.07) is 18.0. The first-order chi connectivity index (χ1) is 14.3. The molecule has 4 saturated carbocycles. The van der Waals surface area contributed by atoms with E-state index in [1.54, 1.807) is 0 Å². The van der Waals surface area contributed by atoms with E-state index >= 15 is 0 Å². The Kier molecular flexibility index (Phi) is 3.89. The first-order valence-corrected chi connectivity index (χ1v) is 10.8. The molecule has 1 heterocycles. The first-order valence-electron chi connectivity index (χ1n) is 10.8. The molecule has 5 nitrogen and oxygen atoms in total. The van der Waals surface area contributed by atoms with Crippen LogP contribution in [0.3, 0.4) is 0 Å². The molecule has 1 aromatic heterocycles. The van der Waals surface area contributed by atoms with Crippen LogP contribution in [0.5, 0.6) is 0 Å². The summed E-state index contributed by atoms with van der Waals surface area (Å²) in [4.78, 5) is 0. The number of nitrogens with zero attached hydrogens (tertiary/aromatic N) is 5. The van der Waals surface area contributed by atoms with Gasteiger partial charge in [0.25, 0.3) is 0 Å². The van der Waals surface area contributed by atoms with Gasteiger partial charge in [0.05, 0.1) is 29.0 Å². The lowest BCUT2D eigenvalue weighted by Gasteiger charge is -2.56. The summed E-state index contributed by atoms with van der Waals surface area (Å²) in [5, 5.41) is 17.5. The smallest absolute Gasteiger partial charge is 0.0858 e. The van der Waals surface area contributed by atoms with Gasteiger partial charge in [-0.15, -0.1) is 5.10 Å². The summed E-state index contributed by atoms with van der Waals surface area (Å²) in [5.74, 6) is 2.72. The number of azo groups is 1. The molecule has 0 N–H and O–H groups in total. The summed E-state index contributed by atoms with van der Waals surface area (Å²) in [6.07, 6.45) is 10.3. The molecule has 7 rings (SSSR count). The lowest BCUT2D eigenvalue weighted by Crippen LogP contribution is -2.49. The second-order valence-electron chi connectivity index (χ2n) is 9.28. The van der Waals surface area contributed by atoms with Gasteiger partial charge in [-0.1, -0.05) is 23.4 Å². The zero-order valence-corrected chi connectivity index (χ0v) is 16.5. The van der Waals surface area contributed by atoms with E-state index in [-0.39, 0.29) is 5.41 Å². The van der Waals surface area contributed by atoms with Crippen molar-refractivity contribution < 1.29 is 0 Å². The van der Waals surface area contributed by atoms with Gasteiger partial charge in [-0.2, -0.15) is 10.2 Å². The van der Waals surface area contributed by atoms with E-state index in [0.29, 0.717) is 0 Å². The molecule has 2 aromatic carbocycles. The largest absolute Gasteiger partial charge is 0.217 e. The van der Waals surface area contributed by atoms with Gasteiger partial charge in [-0.3, -0.25) is 0 Å². The SMILES string of the molecule is c1ccc(N=Nc2ccc(-n3nncc3C34CC5CC(CC(C5)C3)C4)cc2)cc1. The fraction of sp³-hybridized carbons (Fsp3) is 0.417. The van der Waals surface area contributed by atoms with E-state index in [4.69, 9.17) is 0 Å². The van der Waals surface area contributed by atoms with Gasteiger partial charge >= 0.3 is 0 Å². The van der Waals surface area contributed by atoms with Crippen LogP contribution >= 0.6 is 0 Å². The Morgan fingerprint density at radius 2 is 1.34 bits per heavy atom. The molecule has 4 aliphatic carbocycles. The summed E-state index contributed by atoms with van der Waals surface area (Å²) < 4.78 is 2.07. The third kappa shape index (κ3) is 3.00. The highest BCUT2D eigenvalue weighted by molar-refractivity contribution is 5.46. The van der Waals surface area contributed by atoms with Crippen molar-refractivity contribution in [1.82, 2.24) is 15.0 Å². The van der Waals surface area contributed by atoms with E-state index in [2.05, 4.69) is 37.4 Å². The van der Waals surface area contributed by atoms with Crippen molar-refractivity contribution in [3.8, 4) is 5.69 Å². The molecule has 4 fully saturated rings. The molecule has 146 valence electrons. The molecule has 29 heavy (non-hydrogen) atoms. The predicted octanol–water partition coefficient (Wildman–Crippen LogP) is 6.15. The minimum absolute atomic E-state index is 0.282. The van der Waals surface area contributed by atoms with Crippen molar-refractivity contribution in [2.45, 2.75) is 43.9 Å². The van der Waals surface area contributed by atoms with E-state index in [1.165, 1.54) is 44.2 Å². The van der Waals surface area contributed by atoms with Crippen LogP contribution in [-0.4, -0.2) is 15.0 Å². The quantitative estimate of drug-likeness (QED) is 0.507. The minimum atomic E-state index is 0.282. The molecule has 0 saturated heterocycles. The van der Waals surface area contributed by atoms with Crippen LogP contribution < -0.4 is 0 Å². The molecule has 0 aliphatic heterocycles. The molecule has 3 aromatic rings. The third-order valence-electron chi connectivity index (χ3n) is 7.26. The molecule has 0 amide bonds. The van der Waals surface area contributed by atoms with Gasteiger partial charge < -0.3 is 0 Å². The molecule has 4 aliphatic rings. The average molecular weight is 383 g/mol. The highest BCUT2D eigenvalue weighted by Crippen LogP contribution is 2.60. The van der Waals surface area contributed by atoms with Crippen LogP contribution in [0.25, 0.3) is 5.69 Å². The van der Waals surface area contributed by atoms with Crippen molar-refractivity contribution in [1.29, 1.82) is 0 Å². The van der Waals surface area contributed by atoms with Crippen LogP contribution in [0, 0.1) is 17.8 Å². The molecule has 0 spiro atoms. The molecular weight excluding hydrogens is 358 g/mol. The third-order valence-corrected chi connectivity index (χ3v) is 7.26. The molecular formula is C24H25N5. The zero-order valence-electron chi connectivity index (χ0n) is 16.5. The number of hydrogen-bond acceptors (Lipinski definition) is 4. The number of rotatable bonds is 4. The second kappa shape index (κ2) is 6.61. The molecule has 0 atom stereocenters. The van der Waals surface area contributed by atoms with Crippen LogP contribution in [-0.2, 0) is 5.41 Å². The summed E-state index contributed by atoms with van der Waals surface area (Å²) >= 11 is 0. The zero-order chi connectivity index (χ0) is 19.3. The van der Waals surface area contributed by atoms with Gasteiger partial charge in [0.1, 0.15) is 0 Å². The Morgan fingerprint density at radius 1 is 0.759 bits per heavy atom. The lowest BCUT2D eigenvalue weighted by molar-refractivity contribution is -0.00827. The van der Waals surface area contributed by atoms with Gasteiger partial charge in [0.2, 0.25) is 0 Å². The topological polar surface area (TPSA) is 55.4 Å². The van der Waals surface area contributed by atoms with Gasteiger partial charge in [0.15, 0.2) is 0 Å². The number of hydrogen-bond donors (Lipinski definition) is 0. The van der Waals surface area contributed by atoms with E-state index in [9.17, 15) is 0 Å². The maximum absolute atomic E-state index is 4.48. The van der Waals surface area contributed by atoms with Crippen molar-refractivity contribution >= 4 is 11.4 Å². The number of benzene rings is 2. The van der Waals surface area contributed by atoms with E-state index < -0.39 is 0 Å². The highest BCUT2D eigenvalue weighted by Gasteiger charge is 2.53. The van der Waals surface area contributed by atoms with Crippen molar-refractivity contribution in [2.24, 2.45) is 28.0 Å². The van der Waals surface area contributed by atoms with Crippen molar-refractivity contribution in [2.75, 3.05) is 0 Å². The normalized spacial score (nSPS) is 30.3. The Hall–Kier alpha value is -2.82. The van der Waals surface area contributed by atoms with Crippen LogP contribution in [0.1, 0.15) is 44.2 Å². The monoisotopic (exact) mass is 383 g/mol. The predicted molar refractivity (Wildman–Crippen MR) is 112 cm³/mol. The average Bonchev–Trinajstić information content (AvgIpc) is 3.23. The Morgan fingerprint density at radius 3 is 1.97 bits per heavy atom. The standard InChI is InChI=1S/C24H25N5/c1-2-4-20(5-3-1)26-27-21-6-8-22(9-7-21)29-23(16-25-28-29)24-13-17-10-18(14-24)12-19(11-17)15-24/h1-9,16-19H,10-15H2. The fourth-order valence-electron chi connectivity index (χ4n) is 6.48. The molecule has 0 radical (unpaired) electrons. The molecule has 0 unspecified atom stereocenters. The Bertz CT molecular complexity index is 999. The summed E-state index contributed by atoms with van der Waals surface area (Å²) in [7, 11) is 0. The maximum Gasteiger partial charge on any atom is 0.0858 e. The van der Waals surface area contributed by atoms with Crippen molar-refractivity contribution in [3.63, 3.8) is 0 Å².